The number of para-hydroxylation sites is 1. The number of aliphatic carboxylic acids is 1. The van der Waals surface area contributed by atoms with Crippen LogP contribution in [0.3, 0.4) is 0 Å². The number of hydrogen-bond acceptors (Lipinski definition) is 3. The first-order valence-corrected chi connectivity index (χ1v) is 6.62. The number of anilines is 1. The Morgan fingerprint density at radius 1 is 1.29 bits per heavy atom. The van der Waals surface area contributed by atoms with Gasteiger partial charge in [0, 0.05) is 18.3 Å². The summed E-state index contributed by atoms with van der Waals surface area (Å²) in [4.78, 5) is 34.7. The van der Waals surface area contributed by atoms with E-state index in [4.69, 9.17) is 5.11 Å². The van der Waals surface area contributed by atoms with Gasteiger partial charge in [-0.3, -0.25) is 9.59 Å². The van der Waals surface area contributed by atoms with Crippen LogP contribution in [-0.2, 0) is 15.1 Å². The number of carboxylic acids is 1. The number of amides is 3. The molecule has 2 rings (SSSR count). The smallest absolute Gasteiger partial charge is 0.315 e. The zero-order chi connectivity index (χ0) is 16.0. The average Bonchev–Trinajstić information content (AvgIpc) is 2.73. The summed E-state index contributed by atoms with van der Waals surface area (Å²) in [5.74, 6) is -1.73. The maximum Gasteiger partial charge on any atom is 0.315 e. The fourth-order valence-electron chi connectivity index (χ4n) is 2.14. The summed E-state index contributed by atoms with van der Waals surface area (Å²) in [6.45, 7) is 4.00. The third kappa shape index (κ3) is 3.13. The summed E-state index contributed by atoms with van der Waals surface area (Å²) >= 11 is 0. The van der Waals surface area contributed by atoms with E-state index < -0.39 is 29.9 Å². The second-order valence-corrected chi connectivity index (χ2v) is 4.18. The first-order chi connectivity index (χ1) is 9.99. The molecule has 0 saturated carbocycles. The number of rotatable bonds is 3. The molecule has 1 aliphatic rings. The fourth-order valence-corrected chi connectivity index (χ4v) is 2.14. The van der Waals surface area contributed by atoms with E-state index in [0.717, 1.165) is 0 Å². The number of carboxylic acid groups (broad SMARTS) is 1. The van der Waals surface area contributed by atoms with Crippen molar-refractivity contribution in [2.24, 2.45) is 0 Å². The average molecular weight is 293 g/mol. The fraction of sp³-hybridized carbons (Fsp3) is 0.357. The van der Waals surface area contributed by atoms with Crippen molar-refractivity contribution in [3.63, 3.8) is 0 Å². The van der Waals surface area contributed by atoms with Crippen LogP contribution in [0.4, 0.5) is 10.5 Å². The predicted molar refractivity (Wildman–Crippen MR) is 77.9 cm³/mol. The summed E-state index contributed by atoms with van der Waals surface area (Å²) in [5, 5.41) is 16.3. The first-order valence-electron chi connectivity index (χ1n) is 6.62. The topological polar surface area (TPSA) is 108 Å². The molecule has 0 aliphatic carbocycles. The summed E-state index contributed by atoms with van der Waals surface area (Å²) in [5.41, 5.74) is -0.626. The molecule has 0 saturated heterocycles. The number of carbonyl (C=O) groups is 3. The van der Waals surface area contributed by atoms with E-state index >= 15 is 0 Å². The lowest BCUT2D eigenvalue weighted by molar-refractivity contribution is -0.141. The first kappa shape index (κ1) is 16.5. The highest BCUT2D eigenvalue weighted by atomic mass is 16.4. The Labute approximate surface area is 122 Å². The van der Waals surface area contributed by atoms with Crippen molar-refractivity contribution in [2.45, 2.75) is 25.8 Å². The van der Waals surface area contributed by atoms with Gasteiger partial charge < -0.3 is 21.1 Å². The van der Waals surface area contributed by atoms with Gasteiger partial charge in [-0.2, -0.15) is 0 Å². The summed E-state index contributed by atoms with van der Waals surface area (Å²) in [7, 11) is 1.39. The molecule has 0 spiro atoms. The van der Waals surface area contributed by atoms with Crippen LogP contribution in [0.25, 0.3) is 0 Å². The summed E-state index contributed by atoms with van der Waals surface area (Å²) < 4.78 is 0. The molecular formula is C14H19N3O4. The molecule has 7 nitrogen and oxygen atoms in total. The minimum atomic E-state index is -1.58. The van der Waals surface area contributed by atoms with Gasteiger partial charge in [-0.15, -0.1) is 0 Å². The maximum atomic E-state index is 12.1. The molecule has 1 aromatic rings. The van der Waals surface area contributed by atoms with Crippen molar-refractivity contribution in [1.29, 1.82) is 0 Å². The summed E-state index contributed by atoms with van der Waals surface area (Å²) in [6, 6.07) is 6.05. The lowest BCUT2D eigenvalue weighted by Gasteiger charge is -2.26. The Balaban J connectivity index is 0.00000106. The number of benzene rings is 1. The van der Waals surface area contributed by atoms with Gasteiger partial charge in [-0.05, 0) is 6.07 Å². The van der Waals surface area contributed by atoms with Crippen LogP contribution >= 0.6 is 0 Å². The van der Waals surface area contributed by atoms with Gasteiger partial charge >= 0.3 is 12.0 Å². The lowest BCUT2D eigenvalue weighted by atomic mass is 9.88. The zero-order valence-electron chi connectivity index (χ0n) is 12.2. The molecule has 4 N–H and O–H groups in total. The van der Waals surface area contributed by atoms with E-state index in [1.54, 1.807) is 24.3 Å². The van der Waals surface area contributed by atoms with Gasteiger partial charge in [0.1, 0.15) is 0 Å². The van der Waals surface area contributed by atoms with Gasteiger partial charge in [0.2, 0.25) is 0 Å². The standard InChI is InChI=1S/C12H13N3O4.C2H6/c1-13-11(19)15-12(6-9(16)17)7-4-2-3-5-8(7)14-10(12)18;1-2/h2-5H,6H2,1H3,(H,14,18)(H,16,17)(H2,13,15,19);1-2H3. The van der Waals surface area contributed by atoms with E-state index in [0.29, 0.717) is 11.3 Å². The Hall–Kier alpha value is -2.57. The minimum absolute atomic E-state index is 0.450. The molecule has 21 heavy (non-hydrogen) atoms. The third-order valence-corrected chi connectivity index (χ3v) is 2.99. The normalized spacial score (nSPS) is 18.7. The molecule has 1 unspecified atom stereocenters. The van der Waals surface area contributed by atoms with Crippen molar-refractivity contribution in [2.75, 3.05) is 12.4 Å². The minimum Gasteiger partial charge on any atom is -0.481 e. The molecule has 0 radical (unpaired) electrons. The lowest BCUT2D eigenvalue weighted by Crippen LogP contribution is -2.54. The van der Waals surface area contributed by atoms with Crippen LogP contribution in [-0.4, -0.2) is 30.1 Å². The highest BCUT2D eigenvalue weighted by Crippen LogP contribution is 2.38. The number of hydrogen-bond donors (Lipinski definition) is 4. The monoisotopic (exact) mass is 293 g/mol. The van der Waals surface area contributed by atoms with Gasteiger partial charge in [0.15, 0.2) is 5.54 Å². The molecule has 1 aromatic carbocycles. The Morgan fingerprint density at radius 3 is 2.48 bits per heavy atom. The molecule has 7 heteroatoms. The molecule has 1 aliphatic heterocycles. The third-order valence-electron chi connectivity index (χ3n) is 2.99. The van der Waals surface area contributed by atoms with Gasteiger partial charge in [0.25, 0.3) is 5.91 Å². The summed E-state index contributed by atoms with van der Waals surface area (Å²) in [6.07, 6.45) is -0.525. The highest BCUT2D eigenvalue weighted by Gasteiger charge is 2.49. The number of carbonyl (C=O) groups excluding carboxylic acids is 2. The molecule has 0 bridgehead atoms. The van der Waals surface area contributed by atoms with E-state index in [9.17, 15) is 14.4 Å². The van der Waals surface area contributed by atoms with Crippen molar-refractivity contribution in [3.8, 4) is 0 Å². The van der Waals surface area contributed by atoms with Crippen LogP contribution in [0.1, 0.15) is 25.8 Å². The van der Waals surface area contributed by atoms with Crippen LogP contribution in [0.5, 0.6) is 0 Å². The van der Waals surface area contributed by atoms with E-state index in [2.05, 4.69) is 16.0 Å². The quantitative estimate of drug-likeness (QED) is 0.673. The SMILES string of the molecule is CC.CNC(=O)NC1(CC(=O)O)C(=O)Nc2ccccc21. The van der Waals surface area contributed by atoms with E-state index in [-0.39, 0.29) is 0 Å². The van der Waals surface area contributed by atoms with Crippen LogP contribution < -0.4 is 16.0 Å². The number of nitrogens with one attached hydrogen (secondary N) is 3. The number of urea groups is 1. The Morgan fingerprint density at radius 2 is 1.90 bits per heavy atom. The maximum absolute atomic E-state index is 12.1. The molecule has 0 aromatic heterocycles. The highest BCUT2D eigenvalue weighted by molar-refractivity contribution is 6.09. The predicted octanol–water partition coefficient (Wildman–Crippen LogP) is 1.26. The molecule has 3 amide bonds. The zero-order valence-corrected chi connectivity index (χ0v) is 12.2. The Kier molecular flexibility index (Phi) is 5.29. The van der Waals surface area contributed by atoms with Crippen LogP contribution in [0.2, 0.25) is 0 Å². The van der Waals surface area contributed by atoms with Gasteiger partial charge in [-0.1, -0.05) is 32.0 Å². The van der Waals surface area contributed by atoms with Gasteiger partial charge in [-0.25, -0.2) is 4.79 Å². The van der Waals surface area contributed by atoms with Gasteiger partial charge in [0.05, 0.1) is 6.42 Å². The Bertz CT molecular complexity index is 559. The second kappa shape index (κ2) is 6.74. The van der Waals surface area contributed by atoms with Crippen LogP contribution in [0.15, 0.2) is 24.3 Å². The van der Waals surface area contributed by atoms with Crippen molar-refractivity contribution >= 4 is 23.6 Å². The van der Waals surface area contributed by atoms with E-state index in [1.807, 2.05) is 13.8 Å². The molecule has 1 atom stereocenters. The molecule has 114 valence electrons. The molecule has 0 fully saturated rings. The van der Waals surface area contributed by atoms with Crippen LogP contribution in [0, 0.1) is 0 Å². The second-order valence-electron chi connectivity index (χ2n) is 4.18. The van der Waals surface area contributed by atoms with Crippen molar-refractivity contribution in [1.82, 2.24) is 10.6 Å². The van der Waals surface area contributed by atoms with Crippen molar-refractivity contribution in [3.05, 3.63) is 29.8 Å². The van der Waals surface area contributed by atoms with E-state index in [1.165, 1.54) is 7.05 Å². The van der Waals surface area contributed by atoms with Crippen molar-refractivity contribution < 1.29 is 19.5 Å². The molecular weight excluding hydrogens is 274 g/mol. The number of fused-ring (bicyclic) bond motifs is 1. The molecule has 1 heterocycles. The largest absolute Gasteiger partial charge is 0.481 e.